The molecular formula is C20H29N3O5. The SMILES string of the molecule is CCCOC(=O)CN[C@H](Cc1ccc(OC)cc1)C(=O)N1CCC[C@H]1C(N)=O. The van der Waals surface area contributed by atoms with Crippen LogP contribution in [0, 0.1) is 0 Å². The molecule has 0 radical (unpaired) electrons. The summed E-state index contributed by atoms with van der Waals surface area (Å²) in [6.07, 6.45) is 2.39. The highest BCUT2D eigenvalue weighted by Gasteiger charge is 2.36. The Kier molecular flexibility index (Phi) is 8.25. The molecule has 3 N–H and O–H groups in total. The molecule has 1 heterocycles. The summed E-state index contributed by atoms with van der Waals surface area (Å²) in [5, 5.41) is 2.99. The van der Waals surface area contributed by atoms with Crippen LogP contribution in [0.4, 0.5) is 0 Å². The Morgan fingerprint density at radius 2 is 2.00 bits per heavy atom. The van der Waals surface area contributed by atoms with E-state index in [0.717, 1.165) is 24.2 Å². The minimum Gasteiger partial charge on any atom is -0.497 e. The number of primary amides is 1. The number of hydrogen-bond donors (Lipinski definition) is 2. The molecule has 1 aliphatic rings. The Hall–Kier alpha value is -2.61. The van der Waals surface area contributed by atoms with Gasteiger partial charge in [-0.05, 0) is 43.4 Å². The van der Waals surface area contributed by atoms with Crippen molar-refractivity contribution in [3.8, 4) is 5.75 Å². The van der Waals surface area contributed by atoms with Crippen LogP contribution < -0.4 is 15.8 Å². The highest BCUT2D eigenvalue weighted by molar-refractivity contribution is 5.90. The van der Waals surface area contributed by atoms with Gasteiger partial charge in [-0.3, -0.25) is 19.7 Å². The topological polar surface area (TPSA) is 111 Å². The molecule has 0 saturated carbocycles. The zero-order chi connectivity index (χ0) is 20.5. The van der Waals surface area contributed by atoms with Gasteiger partial charge in [-0.2, -0.15) is 0 Å². The average molecular weight is 391 g/mol. The van der Waals surface area contributed by atoms with Crippen LogP contribution in [0.3, 0.4) is 0 Å². The molecule has 0 aliphatic carbocycles. The predicted octanol–water partition coefficient (Wildman–Crippen LogP) is 0.625. The lowest BCUT2D eigenvalue weighted by atomic mass is 10.0. The fourth-order valence-electron chi connectivity index (χ4n) is 3.24. The molecule has 1 aromatic carbocycles. The van der Waals surface area contributed by atoms with Gasteiger partial charge in [0.25, 0.3) is 0 Å². The minimum atomic E-state index is -0.664. The molecular weight excluding hydrogens is 362 g/mol. The van der Waals surface area contributed by atoms with Crippen LogP contribution in [0.25, 0.3) is 0 Å². The predicted molar refractivity (Wildman–Crippen MR) is 104 cm³/mol. The Balaban J connectivity index is 2.10. The van der Waals surface area contributed by atoms with Gasteiger partial charge in [-0.1, -0.05) is 19.1 Å². The Bertz CT molecular complexity index is 677. The molecule has 2 rings (SSSR count). The van der Waals surface area contributed by atoms with Gasteiger partial charge >= 0.3 is 5.97 Å². The molecule has 8 heteroatoms. The van der Waals surface area contributed by atoms with E-state index in [1.54, 1.807) is 7.11 Å². The monoisotopic (exact) mass is 391 g/mol. The van der Waals surface area contributed by atoms with Crippen LogP contribution in [0.1, 0.15) is 31.7 Å². The Labute approximate surface area is 165 Å². The van der Waals surface area contributed by atoms with Gasteiger partial charge in [0.15, 0.2) is 0 Å². The number of likely N-dealkylation sites (tertiary alicyclic amines) is 1. The first-order valence-electron chi connectivity index (χ1n) is 9.58. The van der Waals surface area contributed by atoms with Crippen molar-refractivity contribution in [1.29, 1.82) is 0 Å². The summed E-state index contributed by atoms with van der Waals surface area (Å²) in [5.74, 6) is -0.435. The van der Waals surface area contributed by atoms with E-state index in [9.17, 15) is 14.4 Å². The summed E-state index contributed by atoms with van der Waals surface area (Å²) >= 11 is 0. The summed E-state index contributed by atoms with van der Waals surface area (Å²) in [6.45, 7) is 2.65. The van der Waals surface area contributed by atoms with Gasteiger partial charge < -0.3 is 20.1 Å². The molecule has 1 aliphatic heterocycles. The van der Waals surface area contributed by atoms with Gasteiger partial charge in [0.1, 0.15) is 11.8 Å². The third-order valence-electron chi connectivity index (χ3n) is 4.72. The molecule has 0 aromatic heterocycles. The molecule has 0 unspecified atom stereocenters. The molecule has 2 amide bonds. The zero-order valence-electron chi connectivity index (χ0n) is 16.5. The number of carbonyl (C=O) groups excluding carboxylic acids is 3. The van der Waals surface area contributed by atoms with Crippen LogP contribution in [0.5, 0.6) is 5.75 Å². The van der Waals surface area contributed by atoms with E-state index in [1.807, 2.05) is 31.2 Å². The largest absolute Gasteiger partial charge is 0.497 e. The first-order chi connectivity index (χ1) is 13.5. The van der Waals surface area contributed by atoms with E-state index in [1.165, 1.54) is 4.90 Å². The summed E-state index contributed by atoms with van der Waals surface area (Å²) in [6, 6.07) is 6.10. The van der Waals surface area contributed by atoms with Gasteiger partial charge in [-0.25, -0.2) is 0 Å². The number of methoxy groups -OCH3 is 1. The summed E-state index contributed by atoms with van der Waals surface area (Å²) < 4.78 is 10.2. The number of benzene rings is 1. The fourth-order valence-corrected chi connectivity index (χ4v) is 3.24. The third-order valence-corrected chi connectivity index (χ3v) is 4.72. The lowest BCUT2D eigenvalue weighted by Crippen LogP contribution is -2.53. The quantitative estimate of drug-likeness (QED) is 0.566. The number of amides is 2. The van der Waals surface area contributed by atoms with Crippen LogP contribution >= 0.6 is 0 Å². The lowest BCUT2D eigenvalue weighted by Gasteiger charge is -2.28. The molecule has 1 fully saturated rings. The first-order valence-corrected chi connectivity index (χ1v) is 9.58. The van der Waals surface area contributed by atoms with E-state index >= 15 is 0 Å². The summed E-state index contributed by atoms with van der Waals surface area (Å²) in [4.78, 5) is 38.1. The third kappa shape index (κ3) is 5.95. The second-order valence-electron chi connectivity index (χ2n) is 6.80. The number of ether oxygens (including phenoxy) is 2. The van der Waals surface area contributed by atoms with Crippen molar-refractivity contribution in [3.05, 3.63) is 29.8 Å². The highest BCUT2D eigenvalue weighted by atomic mass is 16.5. The smallest absolute Gasteiger partial charge is 0.319 e. The van der Waals surface area contributed by atoms with Crippen molar-refractivity contribution in [2.24, 2.45) is 5.73 Å². The molecule has 0 spiro atoms. The Morgan fingerprint density at radius 1 is 1.29 bits per heavy atom. The standard InChI is InChI=1S/C20H29N3O5/c1-3-11-28-18(24)13-22-16(12-14-6-8-15(27-2)9-7-14)20(26)23-10-4-5-17(23)19(21)25/h6-9,16-17,22H,3-5,10-13H2,1-2H3,(H2,21,25)/t16-,17+/m1/s1. The maximum Gasteiger partial charge on any atom is 0.319 e. The number of hydrogen-bond acceptors (Lipinski definition) is 6. The van der Waals surface area contributed by atoms with Crippen molar-refractivity contribution >= 4 is 17.8 Å². The van der Waals surface area contributed by atoms with Crippen LogP contribution in [0.15, 0.2) is 24.3 Å². The molecule has 1 saturated heterocycles. The second-order valence-corrected chi connectivity index (χ2v) is 6.80. The second kappa shape index (κ2) is 10.7. The van der Waals surface area contributed by atoms with Crippen LogP contribution in [0.2, 0.25) is 0 Å². The van der Waals surface area contributed by atoms with E-state index in [2.05, 4.69) is 5.32 Å². The molecule has 1 aromatic rings. The molecule has 2 atom stereocenters. The lowest BCUT2D eigenvalue weighted by molar-refractivity contribution is -0.143. The van der Waals surface area contributed by atoms with E-state index in [0.29, 0.717) is 26.0 Å². The maximum atomic E-state index is 13.1. The first kappa shape index (κ1) is 21.7. The zero-order valence-corrected chi connectivity index (χ0v) is 16.5. The van der Waals surface area contributed by atoms with E-state index in [-0.39, 0.29) is 12.5 Å². The molecule has 8 nitrogen and oxygen atoms in total. The summed E-state index contributed by atoms with van der Waals surface area (Å²) in [7, 11) is 1.59. The van der Waals surface area contributed by atoms with Crippen molar-refractivity contribution < 1.29 is 23.9 Å². The van der Waals surface area contributed by atoms with Crippen LogP contribution in [-0.2, 0) is 25.5 Å². The van der Waals surface area contributed by atoms with Crippen molar-refractivity contribution in [3.63, 3.8) is 0 Å². The van der Waals surface area contributed by atoms with Crippen LogP contribution in [-0.4, -0.2) is 61.6 Å². The number of nitrogens with zero attached hydrogens (tertiary/aromatic N) is 1. The number of carbonyl (C=O) groups is 3. The average Bonchev–Trinajstić information content (AvgIpc) is 3.19. The van der Waals surface area contributed by atoms with Gasteiger partial charge in [0.2, 0.25) is 11.8 Å². The molecule has 154 valence electrons. The van der Waals surface area contributed by atoms with Gasteiger partial charge in [-0.15, -0.1) is 0 Å². The number of nitrogens with one attached hydrogen (secondary N) is 1. The minimum absolute atomic E-state index is 0.0817. The number of nitrogens with two attached hydrogens (primary N) is 1. The molecule has 28 heavy (non-hydrogen) atoms. The van der Waals surface area contributed by atoms with Crippen molar-refractivity contribution in [1.82, 2.24) is 10.2 Å². The van der Waals surface area contributed by atoms with Gasteiger partial charge in [0, 0.05) is 6.54 Å². The normalized spacial score (nSPS) is 17.2. The summed E-state index contributed by atoms with van der Waals surface area (Å²) in [5.41, 5.74) is 6.35. The van der Waals surface area contributed by atoms with Crippen molar-refractivity contribution in [2.75, 3.05) is 26.8 Å². The van der Waals surface area contributed by atoms with Gasteiger partial charge in [0.05, 0.1) is 26.3 Å². The number of rotatable bonds is 10. The number of esters is 1. The highest BCUT2D eigenvalue weighted by Crippen LogP contribution is 2.20. The van der Waals surface area contributed by atoms with Crippen molar-refractivity contribution in [2.45, 2.75) is 44.7 Å². The molecule has 0 bridgehead atoms. The maximum absolute atomic E-state index is 13.1. The van der Waals surface area contributed by atoms with E-state index < -0.39 is 24.0 Å². The fraction of sp³-hybridized carbons (Fsp3) is 0.550. The van der Waals surface area contributed by atoms with E-state index in [4.69, 9.17) is 15.2 Å². The Morgan fingerprint density at radius 3 is 2.61 bits per heavy atom.